The molecule has 3 aromatic rings. The minimum absolute atomic E-state index is 0.656. The Morgan fingerprint density at radius 3 is 2.84 bits per heavy atom. The molecule has 96 valence electrons. The summed E-state index contributed by atoms with van der Waals surface area (Å²) in [5, 5.41) is 0.821. The first-order chi connectivity index (χ1) is 9.36. The lowest BCUT2D eigenvalue weighted by atomic mass is 10.2. The molecular weight excluding hydrogens is 304 g/mol. The van der Waals surface area contributed by atoms with Crippen LogP contribution in [0.4, 0.5) is 0 Å². The number of hydrogen-bond donors (Lipinski definition) is 1. The van der Waals surface area contributed by atoms with Gasteiger partial charge in [0.1, 0.15) is 11.6 Å². The van der Waals surface area contributed by atoms with Crippen molar-refractivity contribution < 1.29 is 4.74 Å². The molecule has 0 atom stereocenters. The molecule has 0 saturated heterocycles. The fourth-order valence-electron chi connectivity index (χ4n) is 1.98. The fraction of sp³-hybridized carbons (Fsp3) is 0.133. The summed E-state index contributed by atoms with van der Waals surface area (Å²) in [6, 6.07) is 16.0. The van der Waals surface area contributed by atoms with Gasteiger partial charge in [-0.25, -0.2) is 4.98 Å². The number of ether oxygens (including phenoxy) is 1. The number of hydrogen-bond acceptors (Lipinski definition) is 2. The summed E-state index contributed by atoms with van der Waals surface area (Å²) in [6.07, 6.45) is 0. The van der Waals surface area contributed by atoms with E-state index in [-0.39, 0.29) is 0 Å². The zero-order chi connectivity index (χ0) is 13.1. The molecule has 0 spiro atoms. The summed E-state index contributed by atoms with van der Waals surface area (Å²) in [6.45, 7) is 0.656. The van der Waals surface area contributed by atoms with Crippen molar-refractivity contribution in [2.45, 2.75) is 0 Å². The quantitative estimate of drug-likeness (QED) is 0.739. The highest BCUT2D eigenvalue weighted by atomic mass is 79.9. The monoisotopic (exact) mass is 316 g/mol. The number of fused-ring (bicyclic) bond motifs is 1. The zero-order valence-corrected chi connectivity index (χ0v) is 11.9. The maximum Gasteiger partial charge on any atom is 0.138 e. The lowest BCUT2D eigenvalue weighted by Crippen LogP contribution is -1.97. The Bertz CT molecular complexity index is 660. The molecule has 0 aliphatic heterocycles. The van der Waals surface area contributed by atoms with E-state index in [0.29, 0.717) is 6.61 Å². The normalized spacial score (nSPS) is 10.8. The molecule has 0 radical (unpaired) electrons. The average Bonchev–Trinajstić information content (AvgIpc) is 2.89. The predicted octanol–water partition coefficient (Wildman–Crippen LogP) is 4.00. The minimum atomic E-state index is 0.656. The zero-order valence-electron chi connectivity index (χ0n) is 10.3. The second kappa shape index (κ2) is 5.45. The summed E-state index contributed by atoms with van der Waals surface area (Å²) >= 11 is 3.35. The second-order valence-corrected chi connectivity index (χ2v) is 4.96. The van der Waals surface area contributed by atoms with E-state index >= 15 is 0 Å². The number of aromatic nitrogens is 2. The van der Waals surface area contributed by atoms with Crippen LogP contribution in [-0.4, -0.2) is 21.9 Å². The van der Waals surface area contributed by atoms with Crippen molar-refractivity contribution in [3.63, 3.8) is 0 Å². The lowest BCUT2D eigenvalue weighted by molar-refractivity contribution is 0.345. The average molecular weight is 317 g/mol. The van der Waals surface area contributed by atoms with Gasteiger partial charge < -0.3 is 9.72 Å². The minimum Gasteiger partial charge on any atom is -0.493 e. The lowest BCUT2D eigenvalue weighted by Gasteiger charge is -2.05. The standard InChI is InChI=1S/C15H13BrN2O/c16-8-9-19-12-5-3-4-11(10-12)15-17-13-6-1-2-7-14(13)18-15/h1-7,10H,8-9H2,(H,17,18). The first-order valence-corrected chi connectivity index (χ1v) is 7.23. The molecule has 0 aliphatic carbocycles. The summed E-state index contributed by atoms with van der Waals surface area (Å²) in [4.78, 5) is 7.90. The van der Waals surface area contributed by atoms with E-state index in [4.69, 9.17) is 4.74 Å². The number of aromatic amines is 1. The van der Waals surface area contributed by atoms with Crippen molar-refractivity contribution in [3.05, 3.63) is 48.5 Å². The van der Waals surface area contributed by atoms with Crippen LogP contribution >= 0.6 is 15.9 Å². The van der Waals surface area contributed by atoms with Crippen molar-refractivity contribution >= 4 is 27.0 Å². The Morgan fingerprint density at radius 1 is 1.11 bits per heavy atom. The molecule has 2 aromatic carbocycles. The van der Waals surface area contributed by atoms with E-state index in [2.05, 4.69) is 25.9 Å². The molecule has 3 nitrogen and oxygen atoms in total. The number of alkyl halides is 1. The van der Waals surface area contributed by atoms with Gasteiger partial charge in [-0.1, -0.05) is 40.2 Å². The first-order valence-electron chi connectivity index (χ1n) is 6.11. The summed E-state index contributed by atoms with van der Waals surface area (Å²) in [5.74, 6) is 1.72. The van der Waals surface area contributed by atoms with Crippen LogP contribution in [0.1, 0.15) is 0 Å². The maximum atomic E-state index is 5.60. The van der Waals surface area contributed by atoms with Crippen LogP contribution in [-0.2, 0) is 0 Å². The van der Waals surface area contributed by atoms with Gasteiger partial charge >= 0.3 is 0 Å². The van der Waals surface area contributed by atoms with Gasteiger partial charge in [-0.3, -0.25) is 0 Å². The van der Waals surface area contributed by atoms with Crippen LogP contribution in [0.2, 0.25) is 0 Å². The largest absolute Gasteiger partial charge is 0.493 e. The highest BCUT2D eigenvalue weighted by molar-refractivity contribution is 9.09. The SMILES string of the molecule is BrCCOc1cccc(-c2nc3ccccc3[nH]2)c1. The number of nitrogens with zero attached hydrogens (tertiary/aromatic N) is 1. The number of halogens is 1. The predicted molar refractivity (Wildman–Crippen MR) is 80.8 cm³/mol. The molecule has 4 heteroatoms. The molecule has 1 N–H and O–H groups in total. The molecule has 0 amide bonds. The van der Waals surface area contributed by atoms with Crippen LogP contribution in [0.5, 0.6) is 5.75 Å². The molecule has 3 rings (SSSR count). The Kier molecular flexibility index (Phi) is 3.51. The number of benzene rings is 2. The summed E-state index contributed by atoms with van der Waals surface area (Å²) in [7, 11) is 0. The van der Waals surface area contributed by atoms with Crippen molar-refractivity contribution in [3.8, 4) is 17.1 Å². The van der Waals surface area contributed by atoms with Gasteiger partial charge in [0.25, 0.3) is 0 Å². The van der Waals surface area contributed by atoms with Crippen molar-refractivity contribution in [2.75, 3.05) is 11.9 Å². The van der Waals surface area contributed by atoms with E-state index < -0.39 is 0 Å². The molecule has 0 saturated carbocycles. The second-order valence-electron chi connectivity index (χ2n) is 4.17. The van der Waals surface area contributed by atoms with Crippen LogP contribution in [0.15, 0.2) is 48.5 Å². The number of rotatable bonds is 4. The summed E-state index contributed by atoms with van der Waals surface area (Å²) in [5.41, 5.74) is 3.05. The number of imidazole rings is 1. The third-order valence-electron chi connectivity index (χ3n) is 2.84. The highest BCUT2D eigenvalue weighted by Gasteiger charge is 2.05. The molecule has 0 bridgehead atoms. The highest BCUT2D eigenvalue weighted by Crippen LogP contribution is 2.24. The van der Waals surface area contributed by atoms with Gasteiger partial charge in [-0.15, -0.1) is 0 Å². The Morgan fingerprint density at radius 2 is 2.00 bits per heavy atom. The topological polar surface area (TPSA) is 37.9 Å². The van der Waals surface area contributed by atoms with E-state index in [0.717, 1.165) is 33.5 Å². The van der Waals surface area contributed by atoms with Crippen LogP contribution in [0.3, 0.4) is 0 Å². The van der Waals surface area contributed by atoms with Gasteiger partial charge in [0.15, 0.2) is 0 Å². The van der Waals surface area contributed by atoms with Crippen LogP contribution in [0, 0.1) is 0 Å². The molecule has 19 heavy (non-hydrogen) atoms. The molecule has 0 fully saturated rings. The molecule has 1 heterocycles. The van der Waals surface area contributed by atoms with Crippen molar-refractivity contribution in [2.24, 2.45) is 0 Å². The Hall–Kier alpha value is -1.81. The smallest absolute Gasteiger partial charge is 0.138 e. The number of para-hydroxylation sites is 2. The first kappa shape index (κ1) is 12.2. The van der Waals surface area contributed by atoms with E-state index in [1.54, 1.807) is 0 Å². The number of nitrogens with one attached hydrogen (secondary N) is 1. The van der Waals surface area contributed by atoms with E-state index in [9.17, 15) is 0 Å². The van der Waals surface area contributed by atoms with Gasteiger partial charge in [0.2, 0.25) is 0 Å². The molecule has 1 aromatic heterocycles. The van der Waals surface area contributed by atoms with Gasteiger partial charge in [-0.05, 0) is 24.3 Å². The van der Waals surface area contributed by atoms with Crippen molar-refractivity contribution in [1.82, 2.24) is 9.97 Å². The molecule has 0 unspecified atom stereocenters. The number of H-pyrrole nitrogens is 1. The van der Waals surface area contributed by atoms with Crippen molar-refractivity contribution in [1.29, 1.82) is 0 Å². The van der Waals surface area contributed by atoms with E-state index in [1.165, 1.54) is 0 Å². The Labute approximate surface area is 119 Å². The third-order valence-corrected chi connectivity index (χ3v) is 3.17. The van der Waals surface area contributed by atoms with E-state index in [1.807, 2.05) is 48.5 Å². The third kappa shape index (κ3) is 2.63. The Balaban J connectivity index is 1.96. The fourth-order valence-corrected chi connectivity index (χ4v) is 2.14. The van der Waals surface area contributed by atoms with Crippen LogP contribution in [0.25, 0.3) is 22.4 Å². The van der Waals surface area contributed by atoms with Gasteiger partial charge in [0.05, 0.1) is 17.6 Å². The van der Waals surface area contributed by atoms with Crippen LogP contribution < -0.4 is 4.74 Å². The molecular formula is C15H13BrN2O. The van der Waals surface area contributed by atoms with Gasteiger partial charge in [-0.2, -0.15) is 0 Å². The van der Waals surface area contributed by atoms with Gasteiger partial charge in [0, 0.05) is 10.9 Å². The molecule has 0 aliphatic rings. The summed E-state index contributed by atoms with van der Waals surface area (Å²) < 4.78 is 5.60. The maximum absolute atomic E-state index is 5.60.